The first-order chi connectivity index (χ1) is 17.5. The van der Waals surface area contributed by atoms with E-state index in [0.29, 0.717) is 29.9 Å². The van der Waals surface area contributed by atoms with E-state index in [2.05, 4.69) is 29.9 Å². The number of piperazine rings is 1. The molecule has 0 saturated carbocycles. The van der Waals surface area contributed by atoms with Crippen LogP contribution in [0.4, 0.5) is 39.7 Å². The zero-order valence-electron chi connectivity index (χ0n) is 20.2. The number of likely N-dealkylation sites (tertiary alicyclic amines) is 1. The Labute approximate surface area is 209 Å². The van der Waals surface area contributed by atoms with Gasteiger partial charge < -0.3 is 24.6 Å². The predicted octanol–water partition coefficient (Wildman–Crippen LogP) is 4.85. The summed E-state index contributed by atoms with van der Waals surface area (Å²) >= 11 is 0. The van der Waals surface area contributed by atoms with E-state index < -0.39 is 29.6 Å². The summed E-state index contributed by atoms with van der Waals surface area (Å²) < 4.78 is 63.1. The quantitative estimate of drug-likeness (QED) is 0.478. The molecule has 13 heteroatoms. The Morgan fingerprint density at radius 3 is 2.54 bits per heavy atom. The zero-order chi connectivity index (χ0) is 26.5. The van der Waals surface area contributed by atoms with Crippen molar-refractivity contribution in [2.75, 3.05) is 23.3 Å². The van der Waals surface area contributed by atoms with E-state index in [0.717, 1.165) is 18.6 Å². The fraction of sp³-hybridized carbons (Fsp3) is 0.417. The van der Waals surface area contributed by atoms with Crippen LogP contribution in [0, 0.1) is 11.6 Å². The van der Waals surface area contributed by atoms with Gasteiger partial charge in [0.2, 0.25) is 5.82 Å². The Bertz CT molecular complexity index is 1350. The summed E-state index contributed by atoms with van der Waals surface area (Å²) in [7, 11) is 0. The van der Waals surface area contributed by atoms with Crippen LogP contribution in [0.2, 0.25) is 0 Å². The number of ether oxygens (including phenoxy) is 2. The minimum Gasteiger partial charge on any atom is -0.444 e. The maximum Gasteiger partial charge on any atom is 0.410 e. The number of rotatable bonds is 5. The Hall–Kier alpha value is -3.90. The molecule has 0 unspecified atom stereocenters. The third-order valence-electron chi connectivity index (χ3n) is 6.15. The fourth-order valence-corrected chi connectivity index (χ4v) is 4.62. The molecule has 0 spiro atoms. The molecular weight excluding hydrogens is 496 g/mol. The number of carbonyl (C=O) groups is 1. The second-order valence-electron chi connectivity index (χ2n) is 9.83. The summed E-state index contributed by atoms with van der Waals surface area (Å²) in [5, 5.41) is 2.67. The minimum absolute atomic E-state index is 0.0204. The predicted molar refractivity (Wildman–Crippen MR) is 126 cm³/mol. The molecule has 2 saturated heterocycles. The number of hydrogen-bond acceptors (Lipinski definition) is 8. The summed E-state index contributed by atoms with van der Waals surface area (Å²) in [5.41, 5.74) is -0.154. The van der Waals surface area contributed by atoms with Gasteiger partial charge >= 0.3 is 12.7 Å². The van der Waals surface area contributed by atoms with E-state index >= 15 is 0 Å². The molecule has 9 nitrogen and oxygen atoms in total. The van der Waals surface area contributed by atoms with E-state index in [1.807, 2.05) is 20.8 Å². The van der Waals surface area contributed by atoms with Gasteiger partial charge in [0, 0.05) is 13.1 Å². The van der Waals surface area contributed by atoms with Crippen LogP contribution < -0.4 is 15.0 Å². The van der Waals surface area contributed by atoms with Crippen molar-refractivity contribution in [3.63, 3.8) is 0 Å². The Morgan fingerprint density at radius 1 is 1.08 bits per heavy atom. The molecule has 2 atom stereocenters. The molecular formula is C24H24F4N6O3. The first-order valence-corrected chi connectivity index (χ1v) is 11.6. The van der Waals surface area contributed by atoms with Gasteiger partial charge in [-0.15, -0.1) is 0 Å². The third-order valence-corrected chi connectivity index (χ3v) is 6.15. The van der Waals surface area contributed by atoms with Gasteiger partial charge in [-0.3, -0.25) is 0 Å². The molecule has 0 aliphatic carbocycles. The summed E-state index contributed by atoms with van der Waals surface area (Å²) in [6, 6.07) is 5.52. The van der Waals surface area contributed by atoms with Gasteiger partial charge in [0.1, 0.15) is 23.3 Å². The number of pyridine rings is 1. The van der Waals surface area contributed by atoms with Crippen LogP contribution in [0.3, 0.4) is 0 Å². The number of nitrogens with zero attached hydrogens (tertiary/aromatic N) is 5. The van der Waals surface area contributed by atoms with Crippen molar-refractivity contribution in [2.45, 2.75) is 51.5 Å². The number of carbonyl (C=O) groups excluding carboxylic acids is 1. The maximum atomic E-state index is 14.6. The summed E-state index contributed by atoms with van der Waals surface area (Å²) in [5.74, 6) is -3.14. The number of alkyl halides is 2. The van der Waals surface area contributed by atoms with Gasteiger partial charge in [0.05, 0.1) is 23.3 Å². The van der Waals surface area contributed by atoms with Gasteiger partial charge in [-0.25, -0.2) is 24.1 Å². The molecule has 2 bridgehead atoms. The second kappa shape index (κ2) is 9.20. The highest BCUT2D eigenvalue weighted by Gasteiger charge is 2.47. The van der Waals surface area contributed by atoms with Gasteiger partial charge in [-0.05, 0) is 51.5 Å². The molecule has 0 radical (unpaired) electrons. The lowest BCUT2D eigenvalue weighted by Crippen LogP contribution is -2.50. The van der Waals surface area contributed by atoms with Gasteiger partial charge in [-0.1, -0.05) is 0 Å². The standard InChI is InChI=1S/C24H24F4N6O3/c1-24(2,3)37-23(35)34-10-12-8-13(34)9-33(12)17-7-5-15-20(32-17)21(30-11-29-15)31-14-4-6-16(36-22(27)28)19(26)18(14)25/h4-7,11-13,22H,8-10H2,1-3H3,(H,29,30,31)/t12-,13-/m0/s1. The van der Waals surface area contributed by atoms with Crippen LogP contribution in [-0.4, -0.2) is 63.3 Å². The highest BCUT2D eigenvalue weighted by atomic mass is 19.3. The van der Waals surface area contributed by atoms with Crippen LogP contribution in [0.15, 0.2) is 30.6 Å². The van der Waals surface area contributed by atoms with E-state index in [1.165, 1.54) is 6.33 Å². The molecule has 4 heterocycles. The van der Waals surface area contributed by atoms with Crippen molar-refractivity contribution in [1.29, 1.82) is 0 Å². The summed E-state index contributed by atoms with van der Waals surface area (Å²) in [6.07, 6.45) is 1.67. The smallest absolute Gasteiger partial charge is 0.410 e. The molecule has 1 amide bonds. The lowest BCUT2D eigenvalue weighted by molar-refractivity contribution is -0.0525. The van der Waals surface area contributed by atoms with E-state index in [-0.39, 0.29) is 29.7 Å². The van der Waals surface area contributed by atoms with E-state index in [1.54, 1.807) is 17.0 Å². The molecule has 196 valence electrons. The van der Waals surface area contributed by atoms with Crippen LogP contribution >= 0.6 is 0 Å². The Kier molecular flexibility index (Phi) is 6.16. The van der Waals surface area contributed by atoms with Crippen LogP contribution in [0.5, 0.6) is 5.75 Å². The largest absolute Gasteiger partial charge is 0.444 e. The highest BCUT2D eigenvalue weighted by molar-refractivity contribution is 5.88. The molecule has 2 aromatic heterocycles. The Morgan fingerprint density at radius 2 is 1.86 bits per heavy atom. The molecule has 1 N–H and O–H groups in total. The molecule has 2 aliphatic heterocycles. The van der Waals surface area contributed by atoms with Crippen molar-refractivity contribution in [2.24, 2.45) is 0 Å². The summed E-state index contributed by atoms with van der Waals surface area (Å²) in [6.45, 7) is 3.23. The van der Waals surface area contributed by atoms with Crippen molar-refractivity contribution in [1.82, 2.24) is 19.9 Å². The third kappa shape index (κ3) is 4.89. The van der Waals surface area contributed by atoms with Crippen molar-refractivity contribution >= 4 is 34.4 Å². The monoisotopic (exact) mass is 520 g/mol. The number of anilines is 3. The number of fused-ring (bicyclic) bond motifs is 3. The average Bonchev–Trinajstić information content (AvgIpc) is 3.44. The summed E-state index contributed by atoms with van der Waals surface area (Å²) in [4.78, 5) is 29.3. The maximum absolute atomic E-state index is 14.6. The number of benzene rings is 1. The van der Waals surface area contributed by atoms with Crippen molar-refractivity contribution in [3.05, 3.63) is 42.2 Å². The number of amides is 1. The molecule has 37 heavy (non-hydrogen) atoms. The topological polar surface area (TPSA) is 92.7 Å². The highest BCUT2D eigenvalue weighted by Crippen LogP contribution is 2.36. The molecule has 2 fully saturated rings. The molecule has 2 aliphatic rings. The normalized spacial score (nSPS) is 19.1. The van der Waals surface area contributed by atoms with Gasteiger partial charge in [0.25, 0.3) is 0 Å². The first-order valence-electron chi connectivity index (χ1n) is 11.6. The Balaban J connectivity index is 1.38. The minimum atomic E-state index is -3.29. The number of aromatic nitrogens is 3. The van der Waals surface area contributed by atoms with Crippen LogP contribution in [-0.2, 0) is 4.74 Å². The molecule has 3 aromatic rings. The average molecular weight is 520 g/mol. The fourth-order valence-electron chi connectivity index (χ4n) is 4.62. The number of halogens is 4. The van der Waals surface area contributed by atoms with Gasteiger partial charge in [-0.2, -0.15) is 13.2 Å². The van der Waals surface area contributed by atoms with E-state index in [4.69, 9.17) is 4.74 Å². The van der Waals surface area contributed by atoms with Crippen molar-refractivity contribution < 1.29 is 31.8 Å². The molecule has 5 rings (SSSR count). The second-order valence-corrected chi connectivity index (χ2v) is 9.83. The van der Waals surface area contributed by atoms with Gasteiger partial charge in [0.15, 0.2) is 17.4 Å². The SMILES string of the molecule is CC(C)(C)OC(=O)N1C[C@@H]2C[C@H]1CN2c1ccc2ncnc(Nc3ccc(OC(F)F)c(F)c3F)c2n1. The number of hydrogen-bond donors (Lipinski definition) is 1. The lowest BCUT2D eigenvalue weighted by atomic mass is 10.2. The molecule has 1 aromatic carbocycles. The van der Waals surface area contributed by atoms with E-state index in [9.17, 15) is 22.4 Å². The first kappa shape index (κ1) is 24.8. The zero-order valence-corrected chi connectivity index (χ0v) is 20.2. The number of nitrogens with one attached hydrogen (secondary N) is 1. The van der Waals surface area contributed by atoms with Crippen LogP contribution in [0.1, 0.15) is 27.2 Å². The lowest BCUT2D eigenvalue weighted by Gasteiger charge is -2.35. The van der Waals surface area contributed by atoms with Crippen LogP contribution in [0.25, 0.3) is 11.0 Å². The van der Waals surface area contributed by atoms with Crippen molar-refractivity contribution in [3.8, 4) is 5.75 Å².